The van der Waals surface area contributed by atoms with Gasteiger partial charge in [-0.05, 0) is 71.9 Å². The molecule has 40 heavy (non-hydrogen) atoms. The van der Waals surface area contributed by atoms with Gasteiger partial charge in [0, 0.05) is 40.7 Å². The molecule has 0 aliphatic rings. The number of hydrogen-bond donors (Lipinski definition) is 1. The van der Waals surface area contributed by atoms with E-state index in [0.717, 1.165) is 39.1 Å². The van der Waals surface area contributed by atoms with Crippen LogP contribution < -0.4 is 9.47 Å². The minimum Gasteiger partial charge on any atom is -0.493 e. The SMILES string of the molecule is CCOc1cc(C(=O)O)cc(OC(C)C)c1-c1cn(C(C)c2ccccn2)c2ncc(-c3c(C)noc3C)cc12. The topological polar surface area (TPSA) is 113 Å². The maximum Gasteiger partial charge on any atom is 0.335 e. The molecule has 0 aliphatic carbocycles. The van der Waals surface area contributed by atoms with E-state index in [9.17, 15) is 9.90 Å². The van der Waals surface area contributed by atoms with Crippen LogP contribution in [0.4, 0.5) is 0 Å². The zero-order valence-electron chi connectivity index (χ0n) is 23.4. The molecule has 0 amide bonds. The summed E-state index contributed by atoms with van der Waals surface area (Å²) < 4.78 is 19.8. The molecule has 9 nitrogen and oxygen atoms in total. The molecule has 4 heterocycles. The number of carboxylic acid groups (broad SMARTS) is 1. The van der Waals surface area contributed by atoms with E-state index in [1.165, 1.54) is 0 Å². The van der Waals surface area contributed by atoms with E-state index < -0.39 is 5.97 Å². The van der Waals surface area contributed by atoms with Gasteiger partial charge in [0.2, 0.25) is 0 Å². The number of rotatable bonds is 9. The molecule has 4 aromatic heterocycles. The number of ether oxygens (including phenoxy) is 2. The van der Waals surface area contributed by atoms with Crippen LogP contribution in [0.25, 0.3) is 33.3 Å². The van der Waals surface area contributed by atoms with Gasteiger partial charge in [-0.3, -0.25) is 4.98 Å². The average molecular weight is 541 g/mol. The predicted octanol–water partition coefficient (Wildman–Crippen LogP) is 6.86. The number of hydrogen-bond acceptors (Lipinski definition) is 7. The molecule has 1 atom stereocenters. The van der Waals surface area contributed by atoms with Crippen LogP contribution in [0.15, 0.2) is 59.5 Å². The predicted molar refractivity (Wildman–Crippen MR) is 152 cm³/mol. The standard InChI is InChI=1S/C31H32N4O5/c1-7-38-26-13-21(31(36)37)14-27(39-17(2)3)29(26)24-16-35(19(5)25-10-8-9-11-32-25)30-23(24)12-22(15-33-30)28-18(4)34-40-20(28)6/h8-17,19H,7H2,1-6H3,(H,36,37). The molecular formula is C31H32N4O5. The third-order valence-corrected chi connectivity index (χ3v) is 6.77. The summed E-state index contributed by atoms with van der Waals surface area (Å²) in [6, 6.07) is 10.8. The molecule has 1 N–H and O–H groups in total. The number of aryl methyl sites for hydroxylation is 2. The van der Waals surface area contributed by atoms with Crippen LogP contribution in [0.2, 0.25) is 0 Å². The largest absolute Gasteiger partial charge is 0.493 e. The highest BCUT2D eigenvalue weighted by Crippen LogP contribution is 2.45. The number of aromatic carboxylic acids is 1. The number of pyridine rings is 2. The summed E-state index contributed by atoms with van der Waals surface area (Å²) in [6.45, 7) is 11.9. The molecule has 0 saturated heterocycles. The fraction of sp³-hybridized carbons (Fsp3) is 0.290. The van der Waals surface area contributed by atoms with Crippen molar-refractivity contribution in [1.29, 1.82) is 0 Å². The second kappa shape index (κ2) is 10.8. The number of carboxylic acids is 1. The molecule has 0 saturated carbocycles. The molecule has 5 aromatic rings. The molecule has 0 aliphatic heterocycles. The van der Waals surface area contributed by atoms with Crippen LogP contribution in [0.3, 0.4) is 0 Å². The van der Waals surface area contributed by atoms with Crippen molar-refractivity contribution in [3.8, 4) is 33.8 Å². The lowest BCUT2D eigenvalue weighted by Gasteiger charge is -2.19. The van der Waals surface area contributed by atoms with Gasteiger partial charge in [-0.1, -0.05) is 11.2 Å². The lowest BCUT2D eigenvalue weighted by molar-refractivity contribution is 0.0695. The van der Waals surface area contributed by atoms with Crippen molar-refractivity contribution in [3.63, 3.8) is 0 Å². The fourth-order valence-electron chi connectivity index (χ4n) is 5.02. The van der Waals surface area contributed by atoms with E-state index in [2.05, 4.69) is 27.7 Å². The quantitative estimate of drug-likeness (QED) is 0.216. The van der Waals surface area contributed by atoms with Crippen LogP contribution >= 0.6 is 0 Å². The Hall–Kier alpha value is -4.66. The summed E-state index contributed by atoms with van der Waals surface area (Å²) in [6.07, 6.45) is 5.41. The highest BCUT2D eigenvalue weighted by Gasteiger charge is 2.26. The molecule has 1 aromatic carbocycles. The first-order chi connectivity index (χ1) is 19.2. The minimum absolute atomic E-state index is 0.0861. The van der Waals surface area contributed by atoms with Crippen LogP contribution in [0, 0.1) is 13.8 Å². The van der Waals surface area contributed by atoms with Gasteiger partial charge in [0.1, 0.15) is 22.9 Å². The van der Waals surface area contributed by atoms with Crippen molar-refractivity contribution in [2.75, 3.05) is 6.61 Å². The monoisotopic (exact) mass is 540 g/mol. The van der Waals surface area contributed by atoms with Crippen molar-refractivity contribution in [2.24, 2.45) is 0 Å². The Morgan fingerprint density at radius 1 is 1.07 bits per heavy atom. The number of carbonyl (C=O) groups is 1. The normalized spacial score (nSPS) is 12.2. The van der Waals surface area contributed by atoms with Gasteiger partial charge in [0.25, 0.3) is 0 Å². The number of benzene rings is 1. The first-order valence-corrected chi connectivity index (χ1v) is 13.3. The smallest absolute Gasteiger partial charge is 0.335 e. The van der Waals surface area contributed by atoms with E-state index in [1.54, 1.807) is 18.3 Å². The number of aromatic nitrogens is 4. The summed E-state index contributed by atoms with van der Waals surface area (Å²) in [7, 11) is 0. The van der Waals surface area contributed by atoms with Gasteiger partial charge in [0.15, 0.2) is 0 Å². The number of fused-ring (bicyclic) bond motifs is 1. The van der Waals surface area contributed by atoms with Gasteiger partial charge in [-0.2, -0.15) is 0 Å². The highest BCUT2D eigenvalue weighted by atomic mass is 16.5. The maximum absolute atomic E-state index is 12.0. The molecule has 1 unspecified atom stereocenters. The third kappa shape index (κ3) is 4.90. The third-order valence-electron chi connectivity index (χ3n) is 6.77. The molecule has 5 rings (SSSR count). The van der Waals surface area contributed by atoms with Gasteiger partial charge >= 0.3 is 5.97 Å². The maximum atomic E-state index is 12.0. The Balaban J connectivity index is 1.85. The first kappa shape index (κ1) is 26.9. The Bertz CT molecular complexity index is 1670. The summed E-state index contributed by atoms with van der Waals surface area (Å²) in [5.74, 6) is 0.483. The van der Waals surface area contributed by atoms with Crippen molar-refractivity contribution in [1.82, 2.24) is 19.7 Å². The summed E-state index contributed by atoms with van der Waals surface area (Å²) >= 11 is 0. The van der Waals surface area contributed by atoms with Gasteiger partial charge in [-0.15, -0.1) is 0 Å². The second-order valence-corrected chi connectivity index (χ2v) is 9.93. The van der Waals surface area contributed by atoms with Crippen LogP contribution in [-0.2, 0) is 0 Å². The lowest BCUT2D eigenvalue weighted by Crippen LogP contribution is -2.09. The lowest BCUT2D eigenvalue weighted by atomic mass is 9.98. The van der Waals surface area contributed by atoms with Crippen molar-refractivity contribution < 1.29 is 23.9 Å². The van der Waals surface area contributed by atoms with E-state index in [1.807, 2.05) is 65.2 Å². The van der Waals surface area contributed by atoms with Gasteiger partial charge in [-0.25, -0.2) is 9.78 Å². The van der Waals surface area contributed by atoms with Crippen molar-refractivity contribution in [3.05, 3.63) is 77.7 Å². The molecule has 0 spiro atoms. The summed E-state index contributed by atoms with van der Waals surface area (Å²) in [5, 5.41) is 14.8. The zero-order valence-corrected chi connectivity index (χ0v) is 23.4. The summed E-state index contributed by atoms with van der Waals surface area (Å²) in [4.78, 5) is 21.5. The van der Waals surface area contributed by atoms with Crippen LogP contribution in [-0.4, -0.2) is 43.5 Å². The molecule has 9 heteroatoms. The Morgan fingerprint density at radius 2 is 1.85 bits per heavy atom. The average Bonchev–Trinajstić information content (AvgIpc) is 3.47. The minimum atomic E-state index is -1.06. The van der Waals surface area contributed by atoms with E-state index in [4.69, 9.17) is 19.0 Å². The van der Waals surface area contributed by atoms with Gasteiger partial charge in [0.05, 0.1) is 41.3 Å². The van der Waals surface area contributed by atoms with Crippen molar-refractivity contribution >= 4 is 17.0 Å². The Morgan fingerprint density at radius 3 is 2.48 bits per heavy atom. The Labute approximate surface area is 232 Å². The zero-order chi connectivity index (χ0) is 28.6. The Kier molecular flexibility index (Phi) is 7.30. The molecule has 0 fully saturated rings. The number of nitrogens with zero attached hydrogens (tertiary/aromatic N) is 4. The van der Waals surface area contributed by atoms with E-state index in [0.29, 0.717) is 29.4 Å². The highest BCUT2D eigenvalue weighted by molar-refractivity contribution is 6.01. The van der Waals surface area contributed by atoms with E-state index in [-0.39, 0.29) is 17.7 Å². The first-order valence-electron chi connectivity index (χ1n) is 13.3. The molecule has 206 valence electrons. The van der Waals surface area contributed by atoms with Gasteiger partial charge < -0.3 is 23.7 Å². The molecular weight excluding hydrogens is 508 g/mol. The fourth-order valence-corrected chi connectivity index (χ4v) is 5.02. The van der Waals surface area contributed by atoms with Crippen LogP contribution in [0.1, 0.15) is 61.2 Å². The molecule has 0 radical (unpaired) electrons. The summed E-state index contributed by atoms with van der Waals surface area (Å²) in [5.41, 5.74) is 5.69. The van der Waals surface area contributed by atoms with Crippen molar-refractivity contribution in [2.45, 2.75) is 53.7 Å². The van der Waals surface area contributed by atoms with E-state index >= 15 is 0 Å². The van der Waals surface area contributed by atoms with Crippen LogP contribution in [0.5, 0.6) is 11.5 Å². The molecule has 0 bridgehead atoms. The second-order valence-electron chi connectivity index (χ2n) is 9.93.